The van der Waals surface area contributed by atoms with Crippen molar-refractivity contribution >= 4 is 33.0 Å². The van der Waals surface area contributed by atoms with Crippen LogP contribution in [0, 0.1) is 5.82 Å². The molecule has 0 amide bonds. The normalized spacial score (nSPS) is 11.7. The standard InChI is InChI=1S/C24H34FN3O3S2/c1-6-7-12-31-22-14-19(24(2,3)4)10-9-18(22)16-27-23(32)26-15-17-8-11-21(20(25)13-17)28-33(5,29)30/h8-11,13-14,28H,6-7,12,15-16H2,1-5H3,(H2,26,27,32). The summed E-state index contributed by atoms with van der Waals surface area (Å²) in [4.78, 5) is 0. The molecule has 0 saturated heterocycles. The second-order valence-electron chi connectivity index (χ2n) is 9.00. The first-order valence-electron chi connectivity index (χ1n) is 10.9. The molecule has 0 atom stereocenters. The predicted octanol–water partition coefficient (Wildman–Crippen LogP) is 4.84. The van der Waals surface area contributed by atoms with Gasteiger partial charge in [0.2, 0.25) is 10.0 Å². The van der Waals surface area contributed by atoms with E-state index in [1.54, 1.807) is 6.07 Å². The van der Waals surface area contributed by atoms with E-state index in [1.807, 2.05) is 0 Å². The molecule has 9 heteroatoms. The molecule has 0 aromatic heterocycles. The van der Waals surface area contributed by atoms with E-state index >= 15 is 0 Å². The number of ether oxygens (including phenoxy) is 1. The van der Waals surface area contributed by atoms with Crippen molar-refractivity contribution in [2.45, 2.75) is 59.0 Å². The van der Waals surface area contributed by atoms with Crippen LogP contribution in [0.1, 0.15) is 57.2 Å². The van der Waals surface area contributed by atoms with Crippen LogP contribution < -0.4 is 20.1 Å². The summed E-state index contributed by atoms with van der Waals surface area (Å²) in [6.07, 6.45) is 3.02. The van der Waals surface area contributed by atoms with Gasteiger partial charge in [-0.2, -0.15) is 0 Å². The number of sulfonamides is 1. The van der Waals surface area contributed by atoms with Gasteiger partial charge in [0, 0.05) is 18.7 Å². The molecule has 0 aliphatic carbocycles. The molecule has 0 heterocycles. The Kier molecular flexibility index (Phi) is 9.48. The van der Waals surface area contributed by atoms with Gasteiger partial charge >= 0.3 is 0 Å². The van der Waals surface area contributed by atoms with Crippen LogP contribution in [0.2, 0.25) is 0 Å². The SMILES string of the molecule is CCCCOc1cc(C(C)(C)C)ccc1CNC(=S)NCc1ccc(NS(C)(=O)=O)c(F)c1. The van der Waals surface area contributed by atoms with Crippen molar-refractivity contribution in [2.75, 3.05) is 17.6 Å². The first kappa shape index (κ1) is 26.9. The molecule has 33 heavy (non-hydrogen) atoms. The Bertz CT molecular complexity index is 1070. The Labute approximate surface area is 202 Å². The molecule has 0 unspecified atom stereocenters. The van der Waals surface area contributed by atoms with Crippen LogP contribution in [0.3, 0.4) is 0 Å². The topological polar surface area (TPSA) is 79.5 Å². The van der Waals surface area contributed by atoms with Gasteiger partial charge in [0.15, 0.2) is 5.11 Å². The van der Waals surface area contributed by atoms with E-state index in [0.29, 0.717) is 30.4 Å². The van der Waals surface area contributed by atoms with Crippen LogP contribution in [0.5, 0.6) is 5.75 Å². The van der Waals surface area contributed by atoms with Gasteiger partial charge in [0.1, 0.15) is 11.6 Å². The zero-order valence-corrected chi connectivity index (χ0v) is 21.6. The number of benzene rings is 2. The average Bonchev–Trinajstić information content (AvgIpc) is 2.71. The van der Waals surface area contributed by atoms with E-state index in [4.69, 9.17) is 17.0 Å². The van der Waals surface area contributed by atoms with Crippen molar-refractivity contribution in [3.63, 3.8) is 0 Å². The van der Waals surface area contributed by atoms with E-state index in [9.17, 15) is 12.8 Å². The van der Waals surface area contributed by atoms with Crippen molar-refractivity contribution in [2.24, 2.45) is 0 Å². The second-order valence-corrected chi connectivity index (χ2v) is 11.2. The number of rotatable bonds is 10. The minimum Gasteiger partial charge on any atom is -0.493 e. The molecule has 182 valence electrons. The fraction of sp³-hybridized carbons (Fsp3) is 0.458. The fourth-order valence-electron chi connectivity index (χ4n) is 3.00. The number of nitrogens with one attached hydrogen (secondary N) is 3. The Hall–Kier alpha value is -2.39. The van der Waals surface area contributed by atoms with Gasteiger partial charge in [-0.15, -0.1) is 0 Å². The summed E-state index contributed by atoms with van der Waals surface area (Å²) in [5, 5.41) is 6.64. The van der Waals surface area contributed by atoms with Crippen molar-refractivity contribution < 1.29 is 17.5 Å². The predicted molar refractivity (Wildman–Crippen MR) is 137 cm³/mol. The van der Waals surface area contributed by atoms with Crippen molar-refractivity contribution in [1.82, 2.24) is 10.6 Å². The lowest BCUT2D eigenvalue weighted by molar-refractivity contribution is 0.305. The molecule has 0 radical (unpaired) electrons. The summed E-state index contributed by atoms with van der Waals surface area (Å²) >= 11 is 5.37. The number of anilines is 1. The van der Waals surface area contributed by atoms with Crippen LogP contribution in [-0.2, 0) is 28.5 Å². The summed E-state index contributed by atoms with van der Waals surface area (Å²) in [7, 11) is -3.54. The lowest BCUT2D eigenvalue weighted by Gasteiger charge is -2.22. The third-order valence-electron chi connectivity index (χ3n) is 4.91. The Morgan fingerprint density at radius 3 is 2.39 bits per heavy atom. The highest BCUT2D eigenvalue weighted by Gasteiger charge is 2.16. The summed E-state index contributed by atoms with van der Waals surface area (Å²) < 4.78 is 44.9. The van der Waals surface area contributed by atoms with Crippen LogP contribution in [0.15, 0.2) is 36.4 Å². The van der Waals surface area contributed by atoms with Crippen LogP contribution >= 0.6 is 12.2 Å². The molecule has 0 aliphatic rings. The molecule has 0 bridgehead atoms. The van der Waals surface area contributed by atoms with Gasteiger partial charge in [-0.25, -0.2) is 12.8 Å². The van der Waals surface area contributed by atoms with E-state index in [-0.39, 0.29) is 11.1 Å². The lowest BCUT2D eigenvalue weighted by atomic mass is 9.86. The fourth-order valence-corrected chi connectivity index (χ4v) is 3.71. The van der Waals surface area contributed by atoms with E-state index < -0.39 is 15.8 Å². The zero-order valence-electron chi connectivity index (χ0n) is 19.9. The molecule has 2 aromatic carbocycles. The van der Waals surface area contributed by atoms with Crippen LogP contribution in [0.25, 0.3) is 0 Å². The first-order valence-corrected chi connectivity index (χ1v) is 13.2. The summed E-state index contributed by atoms with van der Waals surface area (Å²) in [6.45, 7) is 10.1. The Balaban J connectivity index is 1.97. The van der Waals surface area contributed by atoms with Crippen molar-refractivity contribution in [1.29, 1.82) is 0 Å². The minimum atomic E-state index is -3.54. The summed E-state index contributed by atoms with van der Waals surface area (Å²) in [5.41, 5.74) is 2.78. The van der Waals surface area contributed by atoms with Gasteiger partial charge in [-0.3, -0.25) is 4.72 Å². The molecule has 2 aromatic rings. The molecule has 0 spiro atoms. The van der Waals surface area contributed by atoms with E-state index in [0.717, 1.165) is 30.4 Å². The zero-order chi connectivity index (χ0) is 24.6. The molecule has 6 nitrogen and oxygen atoms in total. The highest BCUT2D eigenvalue weighted by molar-refractivity contribution is 7.92. The molecule has 0 saturated carbocycles. The Morgan fingerprint density at radius 2 is 1.79 bits per heavy atom. The number of unbranched alkanes of at least 4 members (excludes halogenated alkanes) is 1. The highest BCUT2D eigenvalue weighted by atomic mass is 32.2. The number of thiocarbonyl (C=S) groups is 1. The molecule has 0 aliphatic heterocycles. The Morgan fingerprint density at radius 1 is 1.09 bits per heavy atom. The molecule has 0 fully saturated rings. The molecular formula is C24H34FN3O3S2. The van der Waals surface area contributed by atoms with Gasteiger partial charge in [-0.1, -0.05) is 52.3 Å². The van der Waals surface area contributed by atoms with Gasteiger partial charge < -0.3 is 15.4 Å². The largest absolute Gasteiger partial charge is 0.493 e. The van der Waals surface area contributed by atoms with E-state index in [1.165, 1.54) is 17.7 Å². The molecule has 2 rings (SSSR count). The van der Waals surface area contributed by atoms with Gasteiger partial charge in [0.25, 0.3) is 0 Å². The maximum Gasteiger partial charge on any atom is 0.229 e. The number of hydrogen-bond acceptors (Lipinski definition) is 4. The summed E-state index contributed by atoms with van der Waals surface area (Å²) in [5.74, 6) is 0.202. The smallest absolute Gasteiger partial charge is 0.229 e. The average molecular weight is 496 g/mol. The van der Waals surface area contributed by atoms with E-state index in [2.05, 4.69) is 61.2 Å². The molecular weight excluding hydrogens is 461 g/mol. The maximum atomic E-state index is 14.1. The maximum absolute atomic E-state index is 14.1. The molecule has 3 N–H and O–H groups in total. The van der Waals surface area contributed by atoms with Gasteiger partial charge in [-0.05, 0) is 53.4 Å². The minimum absolute atomic E-state index is 0.0212. The third-order valence-corrected chi connectivity index (χ3v) is 5.79. The first-order chi connectivity index (χ1) is 15.4. The monoisotopic (exact) mass is 495 g/mol. The van der Waals surface area contributed by atoms with Crippen molar-refractivity contribution in [3.05, 3.63) is 58.9 Å². The van der Waals surface area contributed by atoms with Crippen LogP contribution in [-0.4, -0.2) is 26.4 Å². The van der Waals surface area contributed by atoms with Crippen molar-refractivity contribution in [3.8, 4) is 5.75 Å². The summed E-state index contributed by atoms with van der Waals surface area (Å²) in [6, 6.07) is 10.6. The number of halogens is 1. The third kappa shape index (κ3) is 9.17. The highest BCUT2D eigenvalue weighted by Crippen LogP contribution is 2.29. The quantitative estimate of drug-likeness (QED) is 0.323. The lowest BCUT2D eigenvalue weighted by Crippen LogP contribution is -2.34. The number of hydrogen-bond donors (Lipinski definition) is 3. The second kappa shape index (κ2) is 11.7. The van der Waals surface area contributed by atoms with Crippen LogP contribution in [0.4, 0.5) is 10.1 Å². The van der Waals surface area contributed by atoms with Gasteiger partial charge in [0.05, 0.1) is 18.6 Å².